The number of halogens is 1. The molecule has 2 aromatic carbocycles. The van der Waals surface area contributed by atoms with Gasteiger partial charge in [-0.1, -0.05) is 48.7 Å². The van der Waals surface area contributed by atoms with Crippen LogP contribution in [0.2, 0.25) is 5.02 Å². The van der Waals surface area contributed by atoms with Gasteiger partial charge in [0.25, 0.3) is 0 Å². The van der Waals surface area contributed by atoms with Gasteiger partial charge in [-0.15, -0.1) is 5.23 Å². The standard InChI is InChI=1S/C26H30ClN5O5S/c1-26(8-9-26)17-37-24-21(15-28-31(25(24)34)20-6-3-5-19(27)14-20)29-10-12-30(13-11-29)38-16-18-4-2-7-22(33)23(18)32(35)36/h2-7,14-15,33,35-36H,8-13,16-17H2,1H3. The second-order valence-corrected chi connectivity index (χ2v) is 11.4. The maximum Gasteiger partial charge on any atom is 0.316 e. The van der Waals surface area contributed by atoms with Gasteiger partial charge in [-0.25, -0.2) is 4.31 Å². The maximum atomic E-state index is 13.5. The Labute approximate surface area is 229 Å². The van der Waals surface area contributed by atoms with Gasteiger partial charge in [0, 0.05) is 42.4 Å². The van der Waals surface area contributed by atoms with Crippen LogP contribution in [0.1, 0.15) is 25.3 Å². The highest BCUT2D eigenvalue weighted by Gasteiger charge is 2.39. The monoisotopic (exact) mass is 559 g/mol. The van der Waals surface area contributed by atoms with E-state index in [0.717, 1.165) is 12.8 Å². The summed E-state index contributed by atoms with van der Waals surface area (Å²) in [6.07, 6.45) is 3.85. The van der Waals surface area contributed by atoms with Crippen LogP contribution in [0.15, 0.2) is 53.5 Å². The van der Waals surface area contributed by atoms with Crippen LogP contribution in [0.4, 0.5) is 11.4 Å². The lowest BCUT2D eigenvalue weighted by molar-refractivity contribution is 0.0276. The molecule has 202 valence electrons. The van der Waals surface area contributed by atoms with Gasteiger partial charge in [-0.05, 0) is 42.7 Å². The summed E-state index contributed by atoms with van der Waals surface area (Å²) in [4.78, 5) is 15.7. The fraction of sp³-hybridized carbons (Fsp3) is 0.385. The molecule has 0 amide bonds. The summed E-state index contributed by atoms with van der Waals surface area (Å²) in [7, 11) is 0. The Balaban J connectivity index is 1.31. The number of hydrogen-bond acceptors (Lipinski definition) is 10. The first-order chi connectivity index (χ1) is 18.2. The molecule has 0 spiro atoms. The van der Waals surface area contributed by atoms with E-state index < -0.39 is 0 Å². The van der Waals surface area contributed by atoms with E-state index >= 15 is 0 Å². The largest absolute Gasteiger partial charge is 0.506 e. The van der Waals surface area contributed by atoms with Crippen LogP contribution < -0.4 is 20.4 Å². The first kappa shape index (κ1) is 26.6. The Morgan fingerprint density at radius 1 is 1.13 bits per heavy atom. The zero-order chi connectivity index (χ0) is 26.9. The molecule has 38 heavy (non-hydrogen) atoms. The molecule has 2 aliphatic rings. The quantitative estimate of drug-likeness (QED) is 0.258. The molecule has 1 aromatic heterocycles. The Morgan fingerprint density at radius 3 is 2.55 bits per heavy atom. The van der Waals surface area contributed by atoms with Crippen LogP contribution in [-0.4, -0.2) is 62.4 Å². The Bertz CT molecular complexity index is 1360. The number of phenols is 1. The van der Waals surface area contributed by atoms with Crippen molar-refractivity contribution in [2.24, 2.45) is 5.41 Å². The highest BCUT2D eigenvalue weighted by Crippen LogP contribution is 2.45. The third-order valence-electron chi connectivity index (χ3n) is 6.92. The number of anilines is 2. The number of aromatic nitrogens is 2. The molecule has 0 bridgehead atoms. The van der Waals surface area contributed by atoms with Crippen LogP contribution in [0.25, 0.3) is 5.69 Å². The van der Waals surface area contributed by atoms with E-state index in [1.165, 1.54) is 22.7 Å². The van der Waals surface area contributed by atoms with E-state index in [1.807, 2.05) is 0 Å². The molecule has 2 fully saturated rings. The number of aromatic hydroxyl groups is 1. The third kappa shape index (κ3) is 5.87. The van der Waals surface area contributed by atoms with Crippen molar-refractivity contribution in [2.75, 3.05) is 42.9 Å². The summed E-state index contributed by atoms with van der Waals surface area (Å²) >= 11 is 7.69. The molecule has 2 heterocycles. The molecule has 3 aromatic rings. The highest BCUT2D eigenvalue weighted by atomic mass is 35.5. The molecule has 5 rings (SSSR count). The fourth-order valence-electron chi connectivity index (χ4n) is 4.33. The van der Waals surface area contributed by atoms with Crippen molar-refractivity contribution in [3.05, 3.63) is 69.6 Å². The van der Waals surface area contributed by atoms with Gasteiger partial charge in [0.15, 0.2) is 0 Å². The molecule has 0 radical (unpaired) electrons. The normalized spacial score (nSPS) is 16.9. The van der Waals surface area contributed by atoms with E-state index in [-0.39, 0.29) is 27.6 Å². The summed E-state index contributed by atoms with van der Waals surface area (Å²) in [5.74, 6) is 0.543. The van der Waals surface area contributed by atoms with Crippen molar-refractivity contribution in [3.8, 4) is 17.2 Å². The number of hydrogen-bond donors (Lipinski definition) is 3. The molecule has 0 atom stereocenters. The smallest absolute Gasteiger partial charge is 0.316 e. The molecule has 10 nitrogen and oxygen atoms in total. The summed E-state index contributed by atoms with van der Waals surface area (Å²) in [6, 6.07) is 11.8. The summed E-state index contributed by atoms with van der Waals surface area (Å²) in [6.45, 7) is 5.35. The lowest BCUT2D eigenvalue weighted by Crippen LogP contribution is -2.44. The maximum absolute atomic E-state index is 13.5. The Hall–Kier alpha value is -2.96. The number of piperazine rings is 1. The van der Waals surface area contributed by atoms with Gasteiger partial charge in [-0.3, -0.25) is 15.2 Å². The lowest BCUT2D eigenvalue weighted by Gasteiger charge is -2.35. The minimum atomic E-state index is -0.320. The molecule has 1 aliphatic heterocycles. The van der Waals surface area contributed by atoms with Gasteiger partial charge in [0.05, 0.1) is 18.5 Å². The minimum absolute atomic E-state index is 0.0314. The SMILES string of the molecule is CC1(COc2c(N3CCN(SCc4cccc(O)c4N(O)O)CC3)cnn(-c3cccc(Cl)c3)c2=O)CC1. The van der Waals surface area contributed by atoms with Crippen LogP contribution in [-0.2, 0) is 5.75 Å². The molecule has 0 unspecified atom stereocenters. The van der Waals surface area contributed by atoms with Gasteiger partial charge < -0.3 is 14.7 Å². The number of ether oxygens (including phenoxy) is 1. The number of rotatable bonds is 9. The predicted octanol–water partition coefficient (Wildman–Crippen LogP) is 4.33. The number of benzene rings is 2. The van der Waals surface area contributed by atoms with E-state index in [9.17, 15) is 20.3 Å². The fourth-order valence-corrected chi connectivity index (χ4v) is 5.49. The lowest BCUT2D eigenvalue weighted by atomic mass is 10.2. The van der Waals surface area contributed by atoms with Gasteiger partial charge in [0.2, 0.25) is 5.75 Å². The van der Waals surface area contributed by atoms with Crippen LogP contribution >= 0.6 is 23.5 Å². The second kappa shape index (κ2) is 11.0. The average Bonchev–Trinajstić information content (AvgIpc) is 3.63. The Morgan fingerprint density at radius 2 is 1.87 bits per heavy atom. The van der Waals surface area contributed by atoms with E-state index in [0.29, 0.717) is 66.2 Å². The zero-order valence-corrected chi connectivity index (χ0v) is 22.5. The number of nitrogens with zero attached hydrogens (tertiary/aromatic N) is 5. The molecule has 1 aliphatic carbocycles. The molecule has 3 N–H and O–H groups in total. The summed E-state index contributed by atoms with van der Waals surface area (Å²) < 4.78 is 9.68. The summed E-state index contributed by atoms with van der Waals surface area (Å²) in [5.41, 5.74) is 1.60. The van der Waals surface area contributed by atoms with Crippen molar-refractivity contribution < 1.29 is 20.3 Å². The van der Waals surface area contributed by atoms with Gasteiger partial charge in [0.1, 0.15) is 17.1 Å². The van der Waals surface area contributed by atoms with Gasteiger partial charge in [-0.2, -0.15) is 9.78 Å². The third-order valence-corrected chi connectivity index (χ3v) is 8.32. The van der Waals surface area contributed by atoms with E-state index in [2.05, 4.69) is 21.2 Å². The molecule has 1 saturated carbocycles. The molecule has 12 heteroatoms. The highest BCUT2D eigenvalue weighted by molar-refractivity contribution is 7.96. The molecule has 1 saturated heterocycles. The van der Waals surface area contributed by atoms with E-state index in [1.54, 1.807) is 42.6 Å². The van der Waals surface area contributed by atoms with E-state index in [4.69, 9.17) is 16.3 Å². The molecular formula is C26H30ClN5O5S. The van der Waals surface area contributed by atoms with Crippen LogP contribution in [0, 0.1) is 5.41 Å². The molecular weight excluding hydrogens is 530 g/mol. The predicted molar refractivity (Wildman–Crippen MR) is 147 cm³/mol. The minimum Gasteiger partial charge on any atom is -0.506 e. The van der Waals surface area contributed by atoms with Gasteiger partial charge >= 0.3 is 5.56 Å². The number of phenolic OH excluding ortho intramolecular Hbond substituents is 1. The number of para-hydroxylation sites is 1. The zero-order valence-electron chi connectivity index (χ0n) is 21.0. The second-order valence-electron chi connectivity index (χ2n) is 9.92. The van der Waals surface area contributed by atoms with Crippen molar-refractivity contribution in [1.82, 2.24) is 14.1 Å². The average molecular weight is 560 g/mol. The van der Waals surface area contributed by atoms with Crippen LogP contribution in [0.5, 0.6) is 11.5 Å². The van der Waals surface area contributed by atoms with Crippen molar-refractivity contribution >= 4 is 34.9 Å². The van der Waals surface area contributed by atoms with Crippen molar-refractivity contribution in [2.45, 2.75) is 25.5 Å². The van der Waals surface area contributed by atoms with Crippen molar-refractivity contribution in [1.29, 1.82) is 0 Å². The topological polar surface area (TPSA) is 115 Å². The summed E-state index contributed by atoms with van der Waals surface area (Å²) in [5, 5.41) is 33.8. The van der Waals surface area contributed by atoms with Crippen LogP contribution in [0.3, 0.4) is 0 Å². The van der Waals surface area contributed by atoms with Crippen molar-refractivity contribution in [3.63, 3.8) is 0 Å². The first-order valence-electron chi connectivity index (χ1n) is 12.4. The Kier molecular flexibility index (Phi) is 7.73. The first-order valence-corrected chi connectivity index (χ1v) is 13.7.